The highest BCUT2D eigenvalue weighted by molar-refractivity contribution is 9.10. The monoisotopic (exact) mass is 338 g/mol. The lowest BCUT2D eigenvalue weighted by Crippen LogP contribution is -2.13. The molecule has 0 aliphatic carbocycles. The number of rotatable bonds is 5. The fourth-order valence-electron chi connectivity index (χ4n) is 1.56. The first-order valence-corrected chi connectivity index (χ1v) is 6.76. The van der Waals surface area contributed by atoms with Crippen LogP contribution in [0.2, 0.25) is 0 Å². The molecule has 2 aromatic carbocycles. The number of halogens is 2. The number of ether oxygens (including phenoxy) is 2. The minimum atomic E-state index is -0.694. The van der Waals surface area contributed by atoms with Crippen molar-refractivity contribution in [3.8, 4) is 5.75 Å². The summed E-state index contributed by atoms with van der Waals surface area (Å²) in [4.78, 5) is 11.6. The van der Waals surface area contributed by atoms with E-state index in [0.717, 1.165) is 4.47 Å². The lowest BCUT2D eigenvalue weighted by molar-refractivity contribution is 0.0445. The fourth-order valence-corrected chi connectivity index (χ4v) is 1.93. The molecule has 2 aromatic rings. The van der Waals surface area contributed by atoms with Crippen molar-refractivity contribution < 1.29 is 18.7 Å². The van der Waals surface area contributed by atoms with Crippen LogP contribution in [0.3, 0.4) is 0 Å². The third-order valence-electron chi connectivity index (χ3n) is 2.48. The Morgan fingerprint density at radius 1 is 1.10 bits per heavy atom. The minimum Gasteiger partial charge on any atom is -0.490 e. The highest BCUT2D eigenvalue weighted by Gasteiger charge is 2.11. The SMILES string of the molecule is O=C(OCCOc1cccc(Br)c1)c1ccccc1F. The van der Waals surface area contributed by atoms with Crippen LogP contribution < -0.4 is 4.74 Å². The van der Waals surface area contributed by atoms with E-state index in [9.17, 15) is 9.18 Å². The molecule has 3 nitrogen and oxygen atoms in total. The molecule has 104 valence electrons. The number of hydrogen-bond acceptors (Lipinski definition) is 3. The zero-order valence-corrected chi connectivity index (χ0v) is 12.1. The van der Waals surface area contributed by atoms with Gasteiger partial charge in [-0.05, 0) is 30.3 Å². The highest BCUT2D eigenvalue weighted by Crippen LogP contribution is 2.17. The molecule has 0 saturated heterocycles. The largest absolute Gasteiger partial charge is 0.490 e. The van der Waals surface area contributed by atoms with Gasteiger partial charge in [0.05, 0.1) is 5.56 Å². The van der Waals surface area contributed by atoms with Gasteiger partial charge in [0.1, 0.15) is 24.8 Å². The van der Waals surface area contributed by atoms with E-state index in [-0.39, 0.29) is 18.8 Å². The Balaban J connectivity index is 1.79. The van der Waals surface area contributed by atoms with E-state index < -0.39 is 11.8 Å². The average Bonchev–Trinajstić information content (AvgIpc) is 2.44. The first-order chi connectivity index (χ1) is 9.66. The highest BCUT2D eigenvalue weighted by atomic mass is 79.9. The van der Waals surface area contributed by atoms with Crippen LogP contribution >= 0.6 is 15.9 Å². The topological polar surface area (TPSA) is 35.5 Å². The molecule has 0 amide bonds. The van der Waals surface area contributed by atoms with Gasteiger partial charge in [0, 0.05) is 4.47 Å². The maximum absolute atomic E-state index is 13.3. The third kappa shape index (κ3) is 4.06. The summed E-state index contributed by atoms with van der Waals surface area (Å²) < 4.78 is 24.6. The molecular weight excluding hydrogens is 327 g/mol. The van der Waals surface area contributed by atoms with Gasteiger partial charge in [-0.2, -0.15) is 0 Å². The van der Waals surface area contributed by atoms with Gasteiger partial charge >= 0.3 is 5.97 Å². The zero-order chi connectivity index (χ0) is 14.4. The predicted molar refractivity (Wildman–Crippen MR) is 76.3 cm³/mol. The zero-order valence-electron chi connectivity index (χ0n) is 10.5. The lowest BCUT2D eigenvalue weighted by Gasteiger charge is -2.08. The molecule has 0 aliphatic heterocycles. The van der Waals surface area contributed by atoms with Crippen molar-refractivity contribution in [3.05, 3.63) is 64.4 Å². The first-order valence-electron chi connectivity index (χ1n) is 5.97. The van der Waals surface area contributed by atoms with Crippen LogP contribution in [0.25, 0.3) is 0 Å². The Morgan fingerprint density at radius 3 is 2.65 bits per heavy atom. The first kappa shape index (κ1) is 14.5. The van der Waals surface area contributed by atoms with E-state index >= 15 is 0 Å². The van der Waals surface area contributed by atoms with E-state index in [0.29, 0.717) is 5.75 Å². The molecule has 0 saturated carbocycles. The van der Waals surface area contributed by atoms with Crippen molar-refractivity contribution in [2.45, 2.75) is 0 Å². The molecule has 0 radical (unpaired) electrons. The number of esters is 1. The average molecular weight is 339 g/mol. The summed E-state index contributed by atoms with van der Waals surface area (Å²) in [6, 6.07) is 13.0. The molecule has 0 atom stereocenters. The maximum atomic E-state index is 13.3. The molecule has 0 spiro atoms. The molecule has 0 heterocycles. The molecule has 0 fully saturated rings. The minimum absolute atomic E-state index is 0.0552. The molecule has 2 rings (SSSR count). The van der Waals surface area contributed by atoms with Gasteiger partial charge < -0.3 is 9.47 Å². The van der Waals surface area contributed by atoms with Crippen molar-refractivity contribution >= 4 is 21.9 Å². The number of benzene rings is 2. The Morgan fingerprint density at radius 2 is 1.90 bits per heavy atom. The molecular formula is C15H12BrFO3. The summed E-state index contributed by atoms with van der Waals surface area (Å²) in [5, 5.41) is 0. The van der Waals surface area contributed by atoms with E-state index in [2.05, 4.69) is 15.9 Å². The van der Waals surface area contributed by atoms with Crippen molar-refractivity contribution in [1.29, 1.82) is 0 Å². The van der Waals surface area contributed by atoms with Crippen LogP contribution in [0.1, 0.15) is 10.4 Å². The summed E-state index contributed by atoms with van der Waals surface area (Å²) in [5.74, 6) is -0.618. The standard InChI is InChI=1S/C15H12BrFO3/c16-11-4-3-5-12(10-11)19-8-9-20-15(18)13-6-1-2-7-14(13)17/h1-7,10H,8-9H2. The third-order valence-corrected chi connectivity index (χ3v) is 2.97. The van der Waals surface area contributed by atoms with Gasteiger partial charge in [0.2, 0.25) is 0 Å². The van der Waals surface area contributed by atoms with Gasteiger partial charge in [0.25, 0.3) is 0 Å². The van der Waals surface area contributed by atoms with E-state index in [4.69, 9.17) is 9.47 Å². The summed E-state index contributed by atoms with van der Waals surface area (Å²) >= 11 is 3.33. The smallest absolute Gasteiger partial charge is 0.341 e. The van der Waals surface area contributed by atoms with Crippen molar-refractivity contribution in [2.75, 3.05) is 13.2 Å². The quantitative estimate of drug-likeness (QED) is 0.614. The van der Waals surface area contributed by atoms with E-state index in [1.807, 2.05) is 12.1 Å². The van der Waals surface area contributed by atoms with E-state index in [1.54, 1.807) is 18.2 Å². The van der Waals surface area contributed by atoms with Crippen LogP contribution in [-0.2, 0) is 4.74 Å². The summed E-state index contributed by atoms with van der Waals surface area (Å²) in [6.45, 7) is 0.260. The van der Waals surface area contributed by atoms with E-state index in [1.165, 1.54) is 18.2 Å². The van der Waals surface area contributed by atoms with Crippen LogP contribution in [0, 0.1) is 5.82 Å². The molecule has 0 aliphatic rings. The molecule has 0 N–H and O–H groups in total. The Bertz CT molecular complexity index is 601. The second kappa shape index (κ2) is 7.05. The number of carbonyl (C=O) groups is 1. The van der Waals surface area contributed by atoms with Gasteiger partial charge in [-0.3, -0.25) is 0 Å². The normalized spacial score (nSPS) is 10.1. The maximum Gasteiger partial charge on any atom is 0.341 e. The molecule has 0 bridgehead atoms. The summed E-state index contributed by atoms with van der Waals surface area (Å²) in [6.07, 6.45) is 0. The summed E-state index contributed by atoms with van der Waals surface area (Å²) in [5.41, 5.74) is -0.0741. The Labute approximate surface area is 124 Å². The summed E-state index contributed by atoms with van der Waals surface area (Å²) in [7, 11) is 0. The van der Waals surface area contributed by atoms with Crippen LogP contribution in [0.4, 0.5) is 4.39 Å². The van der Waals surface area contributed by atoms with Crippen LogP contribution in [0.5, 0.6) is 5.75 Å². The Kier molecular flexibility index (Phi) is 5.12. The predicted octanol–water partition coefficient (Wildman–Crippen LogP) is 3.82. The lowest BCUT2D eigenvalue weighted by atomic mass is 10.2. The molecule has 0 unspecified atom stereocenters. The van der Waals surface area contributed by atoms with Crippen molar-refractivity contribution in [3.63, 3.8) is 0 Å². The second-order valence-corrected chi connectivity index (χ2v) is 4.84. The van der Waals surface area contributed by atoms with Crippen LogP contribution in [-0.4, -0.2) is 19.2 Å². The number of carbonyl (C=O) groups excluding carboxylic acids is 1. The van der Waals surface area contributed by atoms with Gasteiger partial charge in [0.15, 0.2) is 0 Å². The van der Waals surface area contributed by atoms with Crippen LogP contribution in [0.15, 0.2) is 53.0 Å². The van der Waals surface area contributed by atoms with Gasteiger partial charge in [-0.25, -0.2) is 9.18 Å². The fraction of sp³-hybridized carbons (Fsp3) is 0.133. The molecule has 5 heteroatoms. The van der Waals surface area contributed by atoms with Gasteiger partial charge in [-0.1, -0.05) is 34.1 Å². The van der Waals surface area contributed by atoms with Crippen molar-refractivity contribution in [1.82, 2.24) is 0 Å². The Hall–Kier alpha value is -1.88. The van der Waals surface area contributed by atoms with Crippen molar-refractivity contribution in [2.24, 2.45) is 0 Å². The molecule has 20 heavy (non-hydrogen) atoms. The molecule has 0 aromatic heterocycles. The number of hydrogen-bond donors (Lipinski definition) is 0. The second-order valence-electron chi connectivity index (χ2n) is 3.92. The van der Waals surface area contributed by atoms with Gasteiger partial charge in [-0.15, -0.1) is 0 Å².